The zero-order chi connectivity index (χ0) is 34.4. The number of para-hydroxylation sites is 2. The van der Waals surface area contributed by atoms with Crippen molar-refractivity contribution < 1.29 is 0 Å². The van der Waals surface area contributed by atoms with Gasteiger partial charge in [-0.05, 0) is 90.0 Å². The Morgan fingerprint density at radius 1 is 0.250 bits per heavy atom. The summed E-state index contributed by atoms with van der Waals surface area (Å²) < 4.78 is 5.16. The molecule has 2 aromatic heterocycles. The van der Waals surface area contributed by atoms with Crippen LogP contribution in [-0.4, -0.2) is 0 Å². The van der Waals surface area contributed by atoms with E-state index in [0.717, 1.165) is 34.1 Å². The van der Waals surface area contributed by atoms with Crippen molar-refractivity contribution in [1.29, 1.82) is 0 Å². The second-order valence-corrected chi connectivity index (χ2v) is 15.2. The largest absolute Gasteiger partial charge is 0.310 e. The fourth-order valence-electron chi connectivity index (χ4n) is 7.37. The Labute approximate surface area is 310 Å². The van der Waals surface area contributed by atoms with Crippen LogP contribution in [0.15, 0.2) is 194 Å². The highest BCUT2D eigenvalue weighted by Gasteiger charge is 2.18. The van der Waals surface area contributed by atoms with Crippen LogP contribution >= 0.6 is 22.7 Å². The van der Waals surface area contributed by atoms with E-state index in [4.69, 9.17) is 0 Å². The number of hydrogen-bond donors (Lipinski definition) is 0. The van der Waals surface area contributed by atoms with Gasteiger partial charge in [-0.25, -0.2) is 0 Å². The van der Waals surface area contributed by atoms with E-state index in [-0.39, 0.29) is 0 Å². The highest BCUT2D eigenvalue weighted by Crippen LogP contribution is 2.45. The molecule has 0 aliphatic heterocycles. The topological polar surface area (TPSA) is 6.48 Å². The standard InChI is InChI=1S/C48H32N2S2/c1-4-12-33(13-5-1)34-20-22-37(23-21-34)49(35-14-6-2-7-15-35)38-24-28-43-44-29-26-40(32-48(44)52-47(43)30-38)50(36-16-8-3-9-17-36)39-25-27-42-41-18-10-11-19-45(41)51-46(42)31-39/h1-32H. The second-order valence-electron chi connectivity index (χ2n) is 13.0. The Kier molecular flexibility index (Phi) is 7.56. The van der Waals surface area contributed by atoms with Crippen molar-refractivity contribution in [2.24, 2.45) is 0 Å². The number of fused-ring (bicyclic) bond motifs is 6. The minimum absolute atomic E-state index is 1.13. The molecule has 0 aliphatic rings. The molecule has 0 saturated heterocycles. The Bertz CT molecular complexity index is 2840. The highest BCUT2D eigenvalue weighted by molar-refractivity contribution is 7.26. The van der Waals surface area contributed by atoms with Crippen molar-refractivity contribution in [3.8, 4) is 11.1 Å². The maximum atomic E-state index is 2.38. The van der Waals surface area contributed by atoms with E-state index >= 15 is 0 Å². The third-order valence-corrected chi connectivity index (χ3v) is 12.1. The molecule has 0 spiro atoms. The van der Waals surface area contributed by atoms with E-state index in [1.807, 2.05) is 22.7 Å². The maximum absolute atomic E-state index is 2.38. The summed E-state index contributed by atoms with van der Waals surface area (Å²) in [6, 6.07) is 70.3. The lowest BCUT2D eigenvalue weighted by molar-refractivity contribution is 1.29. The fraction of sp³-hybridized carbons (Fsp3) is 0. The van der Waals surface area contributed by atoms with Gasteiger partial charge in [0.1, 0.15) is 0 Å². The van der Waals surface area contributed by atoms with E-state index < -0.39 is 0 Å². The van der Waals surface area contributed by atoms with Crippen LogP contribution in [0.25, 0.3) is 51.5 Å². The summed E-state index contributed by atoms with van der Waals surface area (Å²) >= 11 is 3.72. The number of benzene rings is 8. The quantitative estimate of drug-likeness (QED) is 0.163. The van der Waals surface area contributed by atoms with Gasteiger partial charge in [-0.1, -0.05) is 115 Å². The molecule has 52 heavy (non-hydrogen) atoms. The Hall–Kier alpha value is -6.20. The van der Waals surface area contributed by atoms with Crippen LogP contribution in [0.4, 0.5) is 34.1 Å². The first-order chi connectivity index (χ1) is 25.8. The van der Waals surface area contributed by atoms with Crippen LogP contribution in [-0.2, 0) is 0 Å². The highest BCUT2D eigenvalue weighted by atomic mass is 32.1. The Balaban J connectivity index is 1.06. The van der Waals surface area contributed by atoms with Gasteiger partial charge in [-0.15, -0.1) is 22.7 Å². The van der Waals surface area contributed by atoms with Crippen molar-refractivity contribution in [3.05, 3.63) is 194 Å². The fourth-order valence-corrected chi connectivity index (χ4v) is 9.68. The van der Waals surface area contributed by atoms with Gasteiger partial charge in [0.05, 0.1) is 0 Å². The van der Waals surface area contributed by atoms with Crippen molar-refractivity contribution in [3.63, 3.8) is 0 Å². The first kappa shape index (κ1) is 30.6. The minimum Gasteiger partial charge on any atom is -0.310 e. The van der Waals surface area contributed by atoms with Gasteiger partial charge in [-0.2, -0.15) is 0 Å². The van der Waals surface area contributed by atoms with Crippen molar-refractivity contribution in [2.45, 2.75) is 0 Å². The van der Waals surface area contributed by atoms with E-state index in [1.54, 1.807) is 0 Å². The first-order valence-corrected chi connectivity index (χ1v) is 19.1. The van der Waals surface area contributed by atoms with Crippen LogP contribution in [0.1, 0.15) is 0 Å². The molecule has 0 radical (unpaired) electrons. The summed E-state index contributed by atoms with van der Waals surface area (Å²) in [6.45, 7) is 0. The van der Waals surface area contributed by atoms with Gasteiger partial charge < -0.3 is 9.80 Å². The third kappa shape index (κ3) is 5.41. The lowest BCUT2D eigenvalue weighted by Crippen LogP contribution is -2.09. The lowest BCUT2D eigenvalue weighted by atomic mass is 10.0. The van der Waals surface area contributed by atoms with Gasteiger partial charge in [0, 0.05) is 74.5 Å². The van der Waals surface area contributed by atoms with E-state index in [2.05, 4.69) is 204 Å². The lowest BCUT2D eigenvalue weighted by Gasteiger charge is -2.25. The molecule has 0 aliphatic carbocycles. The normalized spacial score (nSPS) is 11.5. The number of hydrogen-bond acceptors (Lipinski definition) is 4. The minimum atomic E-state index is 1.13. The molecule has 0 amide bonds. The van der Waals surface area contributed by atoms with Crippen LogP contribution in [0.2, 0.25) is 0 Å². The van der Waals surface area contributed by atoms with Gasteiger partial charge in [0.25, 0.3) is 0 Å². The summed E-state index contributed by atoms with van der Waals surface area (Å²) in [5.74, 6) is 0. The molecule has 2 nitrogen and oxygen atoms in total. The van der Waals surface area contributed by atoms with E-state index in [0.29, 0.717) is 0 Å². The van der Waals surface area contributed by atoms with Gasteiger partial charge in [0.15, 0.2) is 0 Å². The summed E-state index contributed by atoms with van der Waals surface area (Å²) in [6.07, 6.45) is 0. The van der Waals surface area contributed by atoms with Crippen molar-refractivity contribution in [1.82, 2.24) is 0 Å². The molecule has 0 atom stereocenters. The van der Waals surface area contributed by atoms with Gasteiger partial charge in [0.2, 0.25) is 0 Å². The number of thiophene rings is 2. The Morgan fingerprint density at radius 3 is 1.12 bits per heavy atom. The molecular formula is C48H32N2S2. The zero-order valence-electron chi connectivity index (χ0n) is 28.2. The molecule has 8 aromatic carbocycles. The van der Waals surface area contributed by atoms with Crippen LogP contribution in [0.5, 0.6) is 0 Å². The second kappa shape index (κ2) is 12.8. The third-order valence-electron chi connectivity index (χ3n) is 9.84. The first-order valence-electron chi connectivity index (χ1n) is 17.5. The molecule has 0 unspecified atom stereocenters. The van der Waals surface area contributed by atoms with Gasteiger partial charge in [-0.3, -0.25) is 0 Å². The van der Waals surface area contributed by atoms with Crippen molar-refractivity contribution in [2.75, 3.05) is 9.80 Å². The molecular weight excluding hydrogens is 669 g/mol. The number of rotatable bonds is 7. The molecule has 0 fully saturated rings. The molecule has 0 saturated carbocycles. The number of nitrogens with zero attached hydrogens (tertiary/aromatic N) is 2. The average Bonchev–Trinajstić information content (AvgIpc) is 3.77. The smallest absolute Gasteiger partial charge is 0.0476 e. The summed E-state index contributed by atoms with van der Waals surface area (Å²) in [5.41, 5.74) is 9.27. The summed E-state index contributed by atoms with van der Waals surface area (Å²) in [7, 11) is 0. The monoisotopic (exact) mass is 700 g/mol. The molecule has 246 valence electrons. The molecule has 0 N–H and O–H groups in total. The molecule has 2 heterocycles. The van der Waals surface area contributed by atoms with E-state index in [1.165, 1.54) is 51.5 Å². The van der Waals surface area contributed by atoms with Crippen LogP contribution < -0.4 is 9.80 Å². The maximum Gasteiger partial charge on any atom is 0.0476 e. The zero-order valence-corrected chi connectivity index (χ0v) is 29.8. The summed E-state index contributed by atoms with van der Waals surface area (Å²) in [4.78, 5) is 4.74. The molecule has 10 aromatic rings. The number of anilines is 6. The molecule has 0 bridgehead atoms. The molecule has 10 rings (SSSR count). The SMILES string of the molecule is c1ccc(-c2ccc(N(c3ccccc3)c3ccc4c(c3)sc3cc(N(c5ccccc5)c5ccc6c(c5)sc5ccccc56)ccc34)cc2)cc1. The molecule has 4 heteroatoms. The van der Waals surface area contributed by atoms with Crippen molar-refractivity contribution >= 4 is 97.1 Å². The van der Waals surface area contributed by atoms with E-state index in [9.17, 15) is 0 Å². The Morgan fingerprint density at radius 2 is 0.596 bits per heavy atom. The van der Waals surface area contributed by atoms with Crippen LogP contribution in [0, 0.1) is 0 Å². The summed E-state index contributed by atoms with van der Waals surface area (Å²) in [5, 5.41) is 5.19. The average molecular weight is 701 g/mol. The predicted octanol–water partition coefficient (Wildman–Crippen LogP) is 15.0. The predicted molar refractivity (Wildman–Crippen MR) is 227 cm³/mol. The van der Waals surface area contributed by atoms with Gasteiger partial charge >= 0.3 is 0 Å². The van der Waals surface area contributed by atoms with Crippen LogP contribution in [0.3, 0.4) is 0 Å².